The third kappa shape index (κ3) is 2.19. The molecule has 2 heterocycles. The predicted octanol–water partition coefficient (Wildman–Crippen LogP) is 3.56. The maximum atomic E-state index is 5.76. The van der Waals surface area contributed by atoms with E-state index in [2.05, 4.69) is 28.3 Å². The lowest BCUT2D eigenvalue weighted by Gasteiger charge is -2.02. The first-order chi connectivity index (χ1) is 7.20. The highest BCUT2D eigenvalue weighted by atomic mass is 35.5. The maximum absolute atomic E-state index is 5.76. The summed E-state index contributed by atoms with van der Waals surface area (Å²) in [5, 5.41) is 2.07. The number of hydrogen-bond donors (Lipinski definition) is 0. The summed E-state index contributed by atoms with van der Waals surface area (Å²) in [7, 11) is 0. The Hall–Kier alpha value is -0.930. The van der Waals surface area contributed by atoms with E-state index in [-0.39, 0.29) is 0 Å². The van der Waals surface area contributed by atoms with Crippen molar-refractivity contribution in [3.8, 4) is 11.4 Å². The molecule has 0 saturated carbocycles. The van der Waals surface area contributed by atoms with Crippen LogP contribution in [0, 0.1) is 13.8 Å². The van der Waals surface area contributed by atoms with E-state index in [1.807, 2.05) is 6.92 Å². The Balaban J connectivity index is 2.42. The van der Waals surface area contributed by atoms with Crippen LogP contribution in [0.2, 0.25) is 0 Å². The highest BCUT2D eigenvalue weighted by Gasteiger charge is 2.06. The molecule has 2 nitrogen and oxygen atoms in total. The lowest BCUT2D eigenvalue weighted by Crippen LogP contribution is -1.95. The largest absolute Gasteiger partial charge is 0.236 e. The topological polar surface area (TPSA) is 25.8 Å². The van der Waals surface area contributed by atoms with Crippen LogP contribution in [0.5, 0.6) is 0 Å². The second-order valence-electron chi connectivity index (χ2n) is 3.38. The average molecular weight is 239 g/mol. The van der Waals surface area contributed by atoms with Crippen molar-refractivity contribution in [1.29, 1.82) is 0 Å². The van der Waals surface area contributed by atoms with Gasteiger partial charge in [0.25, 0.3) is 0 Å². The van der Waals surface area contributed by atoms with Crippen molar-refractivity contribution >= 4 is 22.9 Å². The molecule has 0 saturated heterocycles. The SMILES string of the molecule is Cc1cc(-c2ncc(CCl)c(C)n2)cs1. The summed E-state index contributed by atoms with van der Waals surface area (Å²) in [4.78, 5) is 10.0. The van der Waals surface area contributed by atoms with Gasteiger partial charge in [-0.15, -0.1) is 22.9 Å². The number of aromatic nitrogens is 2. The zero-order valence-electron chi connectivity index (χ0n) is 8.62. The van der Waals surface area contributed by atoms with Crippen molar-refractivity contribution < 1.29 is 0 Å². The van der Waals surface area contributed by atoms with Gasteiger partial charge in [-0.05, 0) is 19.9 Å². The Labute approximate surface area is 98.0 Å². The van der Waals surface area contributed by atoms with Crippen LogP contribution in [0.1, 0.15) is 16.1 Å². The minimum atomic E-state index is 0.467. The molecule has 0 bridgehead atoms. The average Bonchev–Trinajstić information content (AvgIpc) is 2.65. The molecule has 0 atom stereocenters. The number of nitrogens with zero attached hydrogens (tertiary/aromatic N) is 2. The van der Waals surface area contributed by atoms with Gasteiger partial charge in [0.05, 0.1) is 5.88 Å². The fraction of sp³-hybridized carbons (Fsp3) is 0.273. The van der Waals surface area contributed by atoms with E-state index in [1.54, 1.807) is 17.5 Å². The molecule has 0 spiro atoms. The van der Waals surface area contributed by atoms with Gasteiger partial charge in [-0.2, -0.15) is 0 Å². The molecule has 4 heteroatoms. The van der Waals surface area contributed by atoms with Gasteiger partial charge in [-0.1, -0.05) is 0 Å². The molecule has 78 valence electrons. The molecular weight excluding hydrogens is 228 g/mol. The van der Waals surface area contributed by atoms with Crippen LogP contribution in [-0.2, 0) is 5.88 Å². The molecule has 15 heavy (non-hydrogen) atoms. The van der Waals surface area contributed by atoms with Gasteiger partial charge in [0.15, 0.2) is 5.82 Å². The molecule has 0 aromatic carbocycles. The van der Waals surface area contributed by atoms with E-state index in [4.69, 9.17) is 11.6 Å². The van der Waals surface area contributed by atoms with Gasteiger partial charge in [-0.3, -0.25) is 0 Å². The molecule has 2 aromatic heterocycles. The highest BCUT2D eigenvalue weighted by Crippen LogP contribution is 2.22. The van der Waals surface area contributed by atoms with E-state index in [1.165, 1.54) is 4.88 Å². The van der Waals surface area contributed by atoms with Crippen molar-refractivity contribution in [3.63, 3.8) is 0 Å². The van der Waals surface area contributed by atoms with E-state index in [0.717, 1.165) is 22.6 Å². The van der Waals surface area contributed by atoms with E-state index < -0.39 is 0 Å². The minimum absolute atomic E-state index is 0.467. The van der Waals surface area contributed by atoms with Crippen LogP contribution in [0.25, 0.3) is 11.4 Å². The third-order valence-corrected chi connectivity index (χ3v) is 3.36. The molecule has 0 N–H and O–H groups in total. The molecule has 0 fully saturated rings. The van der Waals surface area contributed by atoms with Crippen LogP contribution < -0.4 is 0 Å². The monoisotopic (exact) mass is 238 g/mol. The highest BCUT2D eigenvalue weighted by molar-refractivity contribution is 7.10. The first-order valence-electron chi connectivity index (χ1n) is 4.64. The van der Waals surface area contributed by atoms with Crippen LogP contribution >= 0.6 is 22.9 Å². The molecule has 2 rings (SSSR count). The summed E-state index contributed by atoms with van der Waals surface area (Å²) in [5.41, 5.74) is 3.04. The quantitative estimate of drug-likeness (QED) is 0.748. The van der Waals surface area contributed by atoms with Crippen molar-refractivity contribution in [1.82, 2.24) is 9.97 Å². The Kier molecular flexibility index (Phi) is 3.03. The molecule has 0 aliphatic rings. The zero-order valence-corrected chi connectivity index (χ0v) is 10.2. The third-order valence-electron chi connectivity index (χ3n) is 2.21. The van der Waals surface area contributed by atoms with Gasteiger partial charge < -0.3 is 0 Å². The summed E-state index contributed by atoms with van der Waals surface area (Å²) < 4.78 is 0. The van der Waals surface area contributed by atoms with Crippen molar-refractivity contribution in [2.75, 3.05) is 0 Å². The van der Waals surface area contributed by atoms with Crippen LogP contribution in [-0.4, -0.2) is 9.97 Å². The normalized spacial score (nSPS) is 10.6. The molecule has 0 aliphatic heterocycles. The van der Waals surface area contributed by atoms with Crippen molar-refractivity contribution in [3.05, 3.63) is 33.8 Å². The number of alkyl halides is 1. The molecule has 0 unspecified atom stereocenters. The van der Waals surface area contributed by atoms with Crippen LogP contribution in [0.15, 0.2) is 17.6 Å². The minimum Gasteiger partial charge on any atom is -0.236 e. The van der Waals surface area contributed by atoms with Crippen LogP contribution in [0.3, 0.4) is 0 Å². The number of rotatable bonds is 2. The number of thiophene rings is 1. The van der Waals surface area contributed by atoms with Gasteiger partial charge in [0, 0.05) is 33.3 Å². The molecule has 0 radical (unpaired) electrons. The molecule has 0 amide bonds. The Bertz CT molecular complexity index is 479. The van der Waals surface area contributed by atoms with Crippen molar-refractivity contribution in [2.24, 2.45) is 0 Å². The van der Waals surface area contributed by atoms with Gasteiger partial charge in [-0.25, -0.2) is 9.97 Å². The Morgan fingerprint density at radius 1 is 1.40 bits per heavy atom. The fourth-order valence-corrected chi connectivity index (χ4v) is 2.27. The molecular formula is C11H11ClN2S. The van der Waals surface area contributed by atoms with Gasteiger partial charge >= 0.3 is 0 Å². The fourth-order valence-electron chi connectivity index (χ4n) is 1.32. The summed E-state index contributed by atoms with van der Waals surface area (Å²) in [6, 6.07) is 2.10. The lowest BCUT2D eigenvalue weighted by molar-refractivity contribution is 1.06. The molecule has 2 aromatic rings. The number of halogens is 1. The smallest absolute Gasteiger partial charge is 0.160 e. The van der Waals surface area contributed by atoms with E-state index >= 15 is 0 Å². The lowest BCUT2D eigenvalue weighted by atomic mass is 10.2. The number of hydrogen-bond acceptors (Lipinski definition) is 3. The standard InChI is InChI=1S/C11H11ClN2S/c1-7-3-9(6-15-7)11-13-5-10(4-12)8(2)14-11/h3,5-6H,4H2,1-2H3. The van der Waals surface area contributed by atoms with E-state index in [0.29, 0.717) is 5.88 Å². The Morgan fingerprint density at radius 3 is 2.73 bits per heavy atom. The maximum Gasteiger partial charge on any atom is 0.160 e. The second-order valence-corrected chi connectivity index (χ2v) is 4.77. The van der Waals surface area contributed by atoms with E-state index in [9.17, 15) is 0 Å². The van der Waals surface area contributed by atoms with Gasteiger partial charge in [0.1, 0.15) is 0 Å². The summed E-state index contributed by atoms with van der Waals surface area (Å²) in [6.45, 7) is 4.04. The summed E-state index contributed by atoms with van der Waals surface area (Å²) >= 11 is 7.47. The first kappa shape index (κ1) is 10.6. The summed E-state index contributed by atoms with van der Waals surface area (Å²) in [6.07, 6.45) is 1.80. The first-order valence-corrected chi connectivity index (χ1v) is 6.06. The van der Waals surface area contributed by atoms with Crippen molar-refractivity contribution in [2.45, 2.75) is 19.7 Å². The zero-order chi connectivity index (χ0) is 10.8. The second kappa shape index (κ2) is 4.29. The summed E-state index contributed by atoms with van der Waals surface area (Å²) in [5.74, 6) is 1.25. The molecule has 0 aliphatic carbocycles. The van der Waals surface area contributed by atoms with Gasteiger partial charge in [0.2, 0.25) is 0 Å². The van der Waals surface area contributed by atoms with Crippen LogP contribution in [0.4, 0.5) is 0 Å². The predicted molar refractivity (Wildman–Crippen MR) is 64.4 cm³/mol. The number of aryl methyl sites for hydroxylation is 2. The Morgan fingerprint density at radius 2 is 2.20 bits per heavy atom.